The predicted molar refractivity (Wildman–Crippen MR) is 66.8 cm³/mol. The molecule has 6 nitrogen and oxygen atoms in total. The summed E-state index contributed by atoms with van der Waals surface area (Å²) < 4.78 is 5.10. The number of anilines is 1. The first-order valence-electron chi connectivity index (χ1n) is 5.45. The number of carbonyl (C=O) groups excluding carboxylic acids is 1. The van der Waals surface area contributed by atoms with E-state index in [-0.39, 0.29) is 11.7 Å². The van der Waals surface area contributed by atoms with E-state index in [0.717, 1.165) is 11.3 Å². The van der Waals surface area contributed by atoms with Crippen LogP contribution in [0.25, 0.3) is 0 Å². The Morgan fingerprint density at radius 2 is 2.17 bits per heavy atom. The standard InChI is InChI=1S/C12H14N4O2/c1-7-6-9(18-3)4-5-10(7)14-12(17)11-13-8(2)15-16-11/h4-6H,1-3H3,(H,14,17)(H,13,15,16). The van der Waals surface area contributed by atoms with Crippen molar-refractivity contribution >= 4 is 11.6 Å². The molecular formula is C12H14N4O2. The fourth-order valence-corrected chi connectivity index (χ4v) is 1.53. The summed E-state index contributed by atoms with van der Waals surface area (Å²) in [5.41, 5.74) is 1.62. The van der Waals surface area contributed by atoms with Crippen molar-refractivity contribution in [3.05, 3.63) is 35.4 Å². The molecule has 2 N–H and O–H groups in total. The van der Waals surface area contributed by atoms with Gasteiger partial charge in [-0.1, -0.05) is 0 Å². The molecule has 0 aliphatic rings. The normalized spacial score (nSPS) is 10.2. The minimum atomic E-state index is -0.340. The molecule has 1 aromatic carbocycles. The highest BCUT2D eigenvalue weighted by atomic mass is 16.5. The van der Waals surface area contributed by atoms with Gasteiger partial charge in [0, 0.05) is 5.69 Å². The van der Waals surface area contributed by atoms with Gasteiger partial charge < -0.3 is 10.1 Å². The molecule has 1 heterocycles. The van der Waals surface area contributed by atoms with E-state index >= 15 is 0 Å². The Morgan fingerprint density at radius 3 is 2.72 bits per heavy atom. The molecule has 0 atom stereocenters. The minimum Gasteiger partial charge on any atom is -0.497 e. The largest absolute Gasteiger partial charge is 0.497 e. The van der Waals surface area contributed by atoms with E-state index in [0.29, 0.717) is 11.5 Å². The van der Waals surface area contributed by atoms with E-state index in [1.807, 2.05) is 13.0 Å². The van der Waals surface area contributed by atoms with Crippen molar-refractivity contribution in [3.63, 3.8) is 0 Å². The fraction of sp³-hybridized carbons (Fsp3) is 0.250. The van der Waals surface area contributed by atoms with Crippen LogP contribution in [0.5, 0.6) is 5.75 Å². The van der Waals surface area contributed by atoms with Gasteiger partial charge in [-0.3, -0.25) is 9.89 Å². The van der Waals surface area contributed by atoms with Gasteiger partial charge in [-0.2, -0.15) is 0 Å². The summed E-state index contributed by atoms with van der Waals surface area (Å²) in [4.78, 5) is 15.8. The zero-order valence-electron chi connectivity index (χ0n) is 10.4. The third-order valence-electron chi connectivity index (χ3n) is 2.48. The lowest BCUT2D eigenvalue weighted by molar-refractivity contribution is 0.101. The molecule has 18 heavy (non-hydrogen) atoms. The number of aromatic amines is 1. The number of methoxy groups -OCH3 is 1. The van der Waals surface area contributed by atoms with E-state index in [4.69, 9.17) is 4.74 Å². The Hall–Kier alpha value is -2.37. The third-order valence-corrected chi connectivity index (χ3v) is 2.48. The highest BCUT2D eigenvalue weighted by Crippen LogP contribution is 2.21. The lowest BCUT2D eigenvalue weighted by atomic mass is 10.2. The highest BCUT2D eigenvalue weighted by Gasteiger charge is 2.12. The van der Waals surface area contributed by atoms with Crippen LogP contribution in [0.4, 0.5) is 5.69 Å². The molecule has 94 valence electrons. The Bertz CT molecular complexity index is 577. The van der Waals surface area contributed by atoms with Gasteiger partial charge in [0.2, 0.25) is 5.82 Å². The number of ether oxygens (including phenoxy) is 1. The van der Waals surface area contributed by atoms with Crippen molar-refractivity contribution in [2.24, 2.45) is 0 Å². The molecule has 0 fully saturated rings. The van der Waals surface area contributed by atoms with Crippen LogP contribution in [0.3, 0.4) is 0 Å². The maximum atomic E-state index is 11.8. The number of H-pyrrole nitrogens is 1. The molecule has 2 rings (SSSR count). The molecule has 0 aliphatic carbocycles. The second kappa shape index (κ2) is 4.87. The van der Waals surface area contributed by atoms with Gasteiger partial charge in [-0.15, -0.1) is 5.10 Å². The molecule has 0 unspecified atom stereocenters. The molecule has 0 spiro atoms. The van der Waals surface area contributed by atoms with E-state index in [1.54, 1.807) is 26.2 Å². The zero-order chi connectivity index (χ0) is 13.1. The molecule has 0 saturated heterocycles. The number of carbonyl (C=O) groups is 1. The number of benzene rings is 1. The van der Waals surface area contributed by atoms with Gasteiger partial charge in [0.05, 0.1) is 7.11 Å². The molecule has 0 aliphatic heterocycles. The number of aryl methyl sites for hydroxylation is 2. The second-order valence-electron chi connectivity index (χ2n) is 3.88. The van der Waals surface area contributed by atoms with Crippen LogP contribution in [0.15, 0.2) is 18.2 Å². The maximum Gasteiger partial charge on any atom is 0.295 e. The fourth-order valence-electron chi connectivity index (χ4n) is 1.53. The SMILES string of the molecule is COc1ccc(NC(=O)c2n[nH]c(C)n2)c(C)c1. The van der Waals surface area contributed by atoms with Crippen LogP contribution >= 0.6 is 0 Å². The Kier molecular flexibility index (Phi) is 3.27. The van der Waals surface area contributed by atoms with Gasteiger partial charge in [0.15, 0.2) is 0 Å². The molecule has 0 radical (unpaired) electrons. The van der Waals surface area contributed by atoms with E-state index in [1.165, 1.54) is 0 Å². The molecule has 1 aromatic heterocycles. The predicted octanol–water partition coefficient (Wildman–Crippen LogP) is 1.68. The molecule has 1 amide bonds. The number of hydrogen-bond donors (Lipinski definition) is 2. The van der Waals surface area contributed by atoms with Crippen molar-refractivity contribution in [3.8, 4) is 5.75 Å². The van der Waals surface area contributed by atoms with Crippen LogP contribution in [-0.4, -0.2) is 28.2 Å². The van der Waals surface area contributed by atoms with E-state index < -0.39 is 0 Å². The van der Waals surface area contributed by atoms with Crippen LogP contribution in [-0.2, 0) is 0 Å². The number of nitrogens with one attached hydrogen (secondary N) is 2. The Balaban J connectivity index is 2.16. The zero-order valence-corrected chi connectivity index (χ0v) is 10.4. The Labute approximate surface area is 104 Å². The monoisotopic (exact) mass is 246 g/mol. The summed E-state index contributed by atoms with van der Waals surface area (Å²) in [6.07, 6.45) is 0. The number of nitrogens with zero attached hydrogens (tertiary/aromatic N) is 2. The maximum absolute atomic E-state index is 11.8. The topological polar surface area (TPSA) is 79.9 Å². The number of amides is 1. The van der Waals surface area contributed by atoms with Crippen molar-refractivity contribution in [1.29, 1.82) is 0 Å². The number of hydrogen-bond acceptors (Lipinski definition) is 4. The average molecular weight is 246 g/mol. The highest BCUT2D eigenvalue weighted by molar-refractivity contribution is 6.01. The summed E-state index contributed by atoms with van der Waals surface area (Å²) in [5, 5.41) is 9.18. The van der Waals surface area contributed by atoms with Gasteiger partial charge >= 0.3 is 0 Å². The molecule has 2 aromatic rings. The van der Waals surface area contributed by atoms with Gasteiger partial charge in [0.25, 0.3) is 5.91 Å². The van der Waals surface area contributed by atoms with Crippen molar-refractivity contribution in [2.75, 3.05) is 12.4 Å². The number of aromatic nitrogens is 3. The first-order chi connectivity index (χ1) is 8.60. The van der Waals surface area contributed by atoms with Crippen LogP contribution in [0, 0.1) is 13.8 Å². The molecule has 0 bridgehead atoms. The van der Waals surface area contributed by atoms with E-state index in [9.17, 15) is 4.79 Å². The van der Waals surface area contributed by atoms with E-state index in [2.05, 4.69) is 20.5 Å². The van der Waals surface area contributed by atoms with Crippen molar-refractivity contribution < 1.29 is 9.53 Å². The van der Waals surface area contributed by atoms with Crippen molar-refractivity contribution in [2.45, 2.75) is 13.8 Å². The molecular weight excluding hydrogens is 232 g/mol. The van der Waals surface area contributed by atoms with Gasteiger partial charge in [-0.05, 0) is 37.6 Å². The lowest BCUT2D eigenvalue weighted by Crippen LogP contribution is -2.14. The quantitative estimate of drug-likeness (QED) is 0.863. The first-order valence-corrected chi connectivity index (χ1v) is 5.45. The van der Waals surface area contributed by atoms with Gasteiger partial charge in [-0.25, -0.2) is 4.98 Å². The number of rotatable bonds is 3. The molecule has 6 heteroatoms. The van der Waals surface area contributed by atoms with Crippen LogP contribution < -0.4 is 10.1 Å². The average Bonchev–Trinajstić information content (AvgIpc) is 2.78. The summed E-state index contributed by atoms with van der Waals surface area (Å²) in [6.45, 7) is 3.63. The second-order valence-corrected chi connectivity index (χ2v) is 3.88. The first kappa shape index (κ1) is 12.1. The summed E-state index contributed by atoms with van der Waals surface area (Å²) in [6, 6.07) is 5.41. The summed E-state index contributed by atoms with van der Waals surface area (Å²) >= 11 is 0. The minimum absolute atomic E-state index is 0.128. The molecule has 0 saturated carbocycles. The third kappa shape index (κ3) is 2.48. The van der Waals surface area contributed by atoms with Gasteiger partial charge in [0.1, 0.15) is 11.6 Å². The van der Waals surface area contributed by atoms with Crippen molar-refractivity contribution in [1.82, 2.24) is 15.2 Å². The van der Waals surface area contributed by atoms with Crippen LogP contribution in [0.2, 0.25) is 0 Å². The Morgan fingerprint density at radius 1 is 1.39 bits per heavy atom. The summed E-state index contributed by atoms with van der Waals surface area (Å²) in [7, 11) is 1.60. The summed E-state index contributed by atoms with van der Waals surface area (Å²) in [5.74, 6) is 1.14. The van der Waals surface area contributed by atoms with Crippen LogP contribution in [0.1, 0.15) is 22.0 Å². The lowest BCUT2D eigenvalue weighted by Gasteiger charge is -2.08. The smallest absolute Gasteiger partial charge is 0.295 e.